The molecular formula is C24H17ClN4OS. The predicted octanol–water partition coefficient (Wildman–Crippen LogP) is 5.86. The molecule has 2 aromatic heterocycles. The number of aromatic nitrogens is 2. The van der Waals surface area contributed by atoms with E-state index in [0.29, 0.717) is 16.7 Å². The maximum Gasteiger partial charge on any atom is 0.268 e. The molecule has 0 unspecified atom stereocenters. The van der Waals surface area contributed by atoms with Gasteiger partial charge in [-0.2, -0.15) is 5.26 Å². The van der Waals surface area contributed by atoms with Gasteiger partial charge in [0.05, 0.1) is 5.69 Å². The molecule has 0 aliphatic heterocycles. The number of amides is 1. The second-order valence-electron chi connectivity index (χ2n) is 6.68. The van der Waals surface area contributed by atoms with Gasteiger partial charge >= 0.3 is 0 Å². The van der Waals surface area contributed by atoms with Crippen molar-refractivity contribution in [3.8, 4) is 17.3 Å². The van der Waals surface area contributed by atoms with Crippen molar-refractivity contribution in [2.75, 3.05) is 5.32 Å². The van der Waals surface area contributed by atoms with Gasteiger partial charge < -0.3 is 4.57 Å². The van der Waals surface area contributed by atoms with Crippen LogP contribution in [-0.4, -0.2) is 15.5 Å². The van der Waals surface area contributed by atoms with Crippen LogP contribution in [0.1, 0.15) is 11.3 Å². The minimum Gasteiger partial charge on any atom is -0.343 e. The highest BCUT2D eigenvalue weighted by Crippen LogP contribution is 2.25. The van der Waals surface area contributed by atoms with E-state index in [0.717, 1.165) is 22.5 Å². The Hall–Kier alpha value is -3.66. The average molecular weight is 445 g/mol. The Balaban J connectivity index is 1.51. The lowest BCUT2D eigenvalue weighted by molar-refractivity contribution is -0.112. The van der Waals surface area contributed by atoms with Crippen LogP contribution in [0.3, 0.4) is 0 Å². The number of carbonyl (C=O) groups excluding carboxylic acids is 1. The van der Waals surface area contributed by atoms with Crippen molar-refractivity contribution >= 4 is 40.1 Å². The monoisotopic (exact) mass is 444 g/mol. The van der Waals surface area contributed by atoms with Gasteiger partial charge in [0.2, 0.25) is 0 Å². The van der Waals surface area contributed by atoms with Gasteiger partial charge in [-0.15, -0.1) is 11.3 Å². The molecule has 0 saturated heterocycles. The first-order chi connectivity index (χ1) is 15.1. The van der Waals surface area contributed by atoms with E-state index >= 15 is 0 Å². The molecule has 4 aromatic rings. The van der Waals surface area contributed by atoms with Crippen LogP contribution in [-0.2, 0) is 11.3 Å². The van der Waals surface area contributed by atoms with Crippen LogP contribution in [0.25, 0.3) is 17.3 Å². The molecule has 0 fully saturated rings. The number of nitriles is 1. The van der Waals surface area contributed by atoms with Gasteiger partial charge in [-0.05, 0) is 29.8 Å². The molecule has 0 radical (unpaired) electrons. The lowest BCUT2D eigenvalue weighted by Gasteiger charge is -2.09. The third-order valence-electron chi connectivity index (χ3n) is 4.61. The summed E-state index contributed by atoms with van der Waals surface area (Å²) in [4.78, 5) is 17.1. The summed E-state index contributed by atoms with van der Waals surface area (Å²) in [6.45, 7) is 0.533. The Labute approximate surface area is 188 Å². The third-order valence-corrected chi connectivity index (χ3v) is 5.74. The smallest absolute Gasteiger partial charge is 0.268 e. The summed E-state index contributed by atoms with van der Waals surface area (Å²) < 4.78 is 1.93. The fourth-order valence-corrected chi connectivity index (χ4v) is 3.96. The molecule has 7 heteroatoms. The van der Waals surface area contributed by atoms with E-state index < -0.39 is 5.91 Å². The van der Waals surface area contributed by atoms with Gasteiger partial charge in [0.15, 0.2) is 5.13 Å². The van der Waals surface area contributed by atoms with Crippen molar-refractivity contribution in [2.45, 2.75) is 6.54 Å². The summed E-state index contributed by atoms with van der Waals surface area (Å²) in [7, 11) is 0. The number of hydrogen-bond acceptors (Lipinski definition) is 4. The molecule has 152 valence electrons. The number of anilines is 1. The molecule has 5 nitrogen and oxygen atoms in total. The molecule has 1 amide bonds. The van der Waals surface area contributed by atoms with Crippen molar-refractivity contribution in [1.82, 2.24) is 9.55 Å². The maximum atomic E-state index is 12.7. The second kappa shape index (κ2) is 9.43. The van der Waals surface area contributed by atoms with E-state index in [1.165, 1.54) is 11.3 Å². The van der Waals surface area contributed by atoms with Crippen LogP contribution in [0.4, 0.5) is 5.13 Å². The zero-order chi connectivity index (χ0) is 21.6. The highest BCUT2D eigenvalue weighted by Gasteiger charge is 2.14. The number of thiazole rings is 1. The predicted molar refractivity (Wildman–Crippen MR) is 125 cm³/mol. The molecule has 0 bridgehead atoms. The molecule has 1 N–H and O–H groups in total. The number of benzene rings is 2. The molecular weight excluding hydrogens is 428 g/mol. The van der Waals surface area contributed by atoms with E-state index in [4.69, 9.17) is 11.6 Å². The Kier molecular flexibility index (Phi) is 6.27. The van der Waals surface area contributed by atoms with E-state index in [2.05, 4.69) is 10.3 Å². The highest BCUT2D eigenvalue weighted by atomic mass is 35.5. The lowest BCUT2D eigenvalue weighted by atomic mass is 10.2. The molecule has 4 rings (SSSR count). The topological polar surface area (TPSA) is 70.7 Å². The fourth-order valence-electron chi connectivity index (χ4n) is 3.05. The van der Waals surface area contributed by atoms with Gasteiger partial charge in [-0.25, -0.2) is 4.98 Å². The minimum absolute atomic E-state index is 0.00410. The Morgan fingerprint density at radius 2 is 1.90 bits per heavy atom. The van der Waals surface area contributed by atoms with Gasteiger partial charge in [-0.3, -0.25) is 10.1 Å². The summed E-state index contributed by atoms with van der Waals surface area (Å²) in [5, 5.41) is 15.3. The Morgan fingerprint density at radius 3 is 2.68 bits per heavy atom. The largest absolute Gasteiger partial charge is 0.343 e. The van der Waals surface area contributed by atoms with E-state index in [9.17, 15) is 10.1 Å². The number of nitrogens with zero attached hydrogens (tertiary/aromatic N) is 3. The van der Waals surface area contributed by atoms with Crippen LogP contribution in [0.15, 0.2) is 83.9 Å². The molecule has 0 aliphatic rings. The minimum atomic E-state index is -0.498. The molecule has 2 heterocycles. The SMILES string of the molecule is N#C/C(=C/c1cccn1Cc1ccccc1Cl)C(=O)Nc1nc(-c2ccccc2)cs1. The van der Waals surface area contributed by atoms with Crippen molar-refractivity contribution in [1.29, 1.82) is 5.26 Å². The van der Waals surface area contributed by atoms with Crippen LogP contribution in [0, 0.1) is 11.3 Å². The maximum absolute atomic E-state index is 12.7. The summed E-state index contributed by atoms with van der Waals surface area (Å²) in [5.74, 6) is -0.498. The van der Waals surface area contributed by atoms with Gasteiger partial charge in [0, 0.05) is 34.4 Å². The van der Waals surface area contributed by atoms with Crippen LogP contribution < -0.4 is 5.32 Å². The second-order valence-corrected chi connectivity index (χ2v) is 7.95. The van der Waals surface area contributed by atoms with Gasteiger partial charge in [0.1, 0.15) is 11.6 Å². The quantitative estimate of drug-likeness (QED) is 0.299. The summed E-state index contributed by atoms with van der Waals surface area (Å²) in [6.07, 6.45) is 3.45. The fraction of sp³-hybridized carbons (Fsp3) is 0.0417. The van der Waals surface area contributed by atoms with Crippen molar-refractivity contribution in [3.63, 3.8) is 0 Å². The summed E-state index contributed by atoms with van der Waals surface area (Å²) in [6, 6.07) is 23.0. The normalized spacial score (nSPS) is 11.2. The first-order valence-corrected chi connectivity index (χ1v) is 10.7. The Bertz CT molecular complexity index is 1280. The molecule has 0 atom stereocenters. The first-order valence-electron chi connectivity index (χ1n) is 9.46. The lowest BCUT2D eigenvalue weighted by Crippen LogP contribution is -2.13. The number of rotatable bonds is 6. The van der Waals surface area contributed by atoms with E-state index in [1.54, 1.807) is 6.08 Å². The van der Waals surface area contributed by atoms with Crippen molar-refractivity contribution in [2.24, 2.45) is 0 Å². The van der Waals surface area contributed by atoms with Crippen molar-refractivity contribution in [3.05, 3.63) is 100 Å². The van der Waals surface area contributed by atoms with E-state index in [-0.39, 0.29) is 5.57 Å². The van der Waals surface area contributed by atoms with Crippen LogP contribution in [0.2, 0.25) is 5.02 Å². The molecule has 0 spiro atoms. The Morgan fingerprint density at radius 1 is 1.13 bits per heavy atom. The zero-order valence-electron chi connectivity index (χ0n) is 16.3. The molecule has 2 aromatic carbocycles. The van der Waals surface area contributed by atoms with Gasteiger partial charge in [-0.1, -0.05) is 60.1 Å². The number of hydrogen-bond donors (Lipinski definition) is 1. The molecule has 31 heavy (non-hydrogen) atoms. The summed E-state index contributed by atoms with van der Waals surface area (Å²) in [5.41, 5.74) is 3.42. The number of nitrogens with one attached hydrogen (secondary N) is 1. The van der Waals surface area contributed by atoms with Crippen LogP contribution >= 0.6 is 22.9 Å². The first kappa shape index (κ1) is 20.6. The van der Waals surface area contributed by atoms with E-state index in [1.807, 2.05) is 88.9 Å². The average Bonchev–Trinajstić information content (AvgIpc) is 3.43. The van der Waals surface area contributed by atoms with Gasteiger partial charge in [0.25, 0.3) is 5.91 Å². The molecule has 0 aliphatic carbocycles. The number of halogens is 1. The zero-order valence-corrected chi connectivity index (χ0v) is 17.9. The van der Waals surface area contributed by atoms with Crippen molar-refractivity contribution < 1.29 is 4.79 Å². The molecule has 0 saturated carbocycles. The summed E-state index contributed by atoms with van der Waals surface area (Å²) >= 11 is 7.58. The highest BCUT2D eigenvalue weighted by molar-refractivity contribution is 7.14. The van der Waals surface area contributed by atoms with Crippen LogP contribution in [0.5, 0.6) is 0 Å². The number of carbonyl (C=O) groups is 1. The standard InChI is InChI=1S/C24H17ClN4OS/c25-21-11-5-4-9-18(21)15-29-12-6-10-20(29)13-19(14-26)23(30)28-24-27-22(16-31-24)17-7-2-1-3-8-17/h1-13,16H,15H2,(H,27,28,30)/b19-13-. The third kappa shape index (κ3) is 4.92.